The fraction of sp³-hybridized carbons (Fsp3) is 0.375. The third-order valence-corrected chi connectivity index (χ3v) is 5.63. The quantitative estimate of drug-likeness (QED) is 0.615. The first kappa shape index (κ1) is 23.4. The van der Waals surface area contributed by atoms with Gasteiger partial charge in [0.25, 0.3) is 5.91 Å². The standard InChI is InChI=1S/C24H26F2N2O4/c25-20-10-7-17(13-21(20)26)15-28(12-11-22(29)30)24(32)19-8-5-16(6-9-19)14-27-23(31)18-3-1-2-4-18/h5-10,13,18H,1-4,11-12,14-15H2,(H,27,31)(H,29,30). The van der Waals surface area contributed by atoms with Gasteiger partial charge in [-0.2, -0.15) is 0 Å². The highest BCUT2D eigenvalue weighted by Gasteiger charge is 2.22. The molecule has 1 aliphatic carbocycles. The molecule has 0 atom stereocenters. The van der Waals surface area contributed by atoms with Crippen molar-refractivity contribution in [3.63, 3.8) is 0 Å². The third kappa shape index (κ3) is 6.35. The van der Waals surface area contributed by atoms with Gasteiger partial charge in [-0.25, -0.2) is 8.78 Å². The average Bonchev–Trinajstić information content (AvgIpc) is 3.32. The summed E-state index contributed by atoms with van der Waals surface area (Å²) in [6, 6.07) is 10.0. The van der Waals surface area contributed by atoms with Crippen molar-refractivity contribution in [3.8, 4) is 0 Å². The smallest absolute Gasteiger partial charge is 0.305 e. The van der Waals surface area contributed by atoms with E-state index >= 15 is 0 Å². The van der Waals surface area contributed by atoms with Gasteiger partial charge in [0.05, 0.1) is 6.42 Å². The van der Waals surface area contributed by atoms with E-state index in [0.29, 0.717) is 17.7 Å². The van der Waals surface area contributed by atoms with Crippen molar-refractivity contribution in [3.05, 3.63) is 70.8 Å². The van der Waals surface area contributed by atoms with Gasteiger partial charge in [0.1, 0.15) is 0 Å². The number of amides is 2. The molecule has 0 heterocycles. The van der Waals surface area contributed by atoms with E-state index in [4.69, 9.17) is 5.11 Å². The van der Waals surface area contributed by atoms with Crippen molar-refractivity contribution in [1.29, 1.82) is 0 Å². The second kappa shape index (κ2) is 10.8. The minimum absolute atomic E-state index is 0.0500. The number of aliphatic carboxylic acids is 1. The molecule has 32 heavy (non-hydrogen) atoms. The van der Waals surface area contributed by atoms with Crippen LogP contribution in [0.2, 0.25) is 0 Å². The number of nitrogens with zero attached hydrogens (tertiary/aromatic N) is 1. The van der Waals surface area contributed by atoms with Crippen molar-refractivity contribution in [2.24, 2.45) is 5.92 Å². The molecule has 0 radical (unpaired) electrons. The number of hydrogen-bond donors (Lipinski definition) is 2. The molecule has 0 aromatic heterocycles. The number of rotatable bonds is 9. The summed E-state index contributed by atoms with van der Waals surface area (Å²) in [6.07, 6.45) is 3.73. The summed E-state index contributed by atoms with van der Waals surface area (Å²) in [5.41, 5.74) is 1.53. The van der Waals surface area contributed by atoms with E-state index in [9.17, 15) is 23.2 Å². The zero-order chi connectivity index (χ0) is 23.1. The lowest BCUT2D eigenvalue weighted by Crippen LogP contribution is -2.32. The maximum atomic E-state index is 13.5. The van der Waals surface area contributed by atoms with Gasteiger partial charge in [-0.15, -0.1) is 0 Å². The number of carbonyl (C=O) groups excluding carboxylic acids is 2. The molecule has 0 bridgehead atoms. The summed E-state index contributed by atoms with van der Waals surface area (Å²) in [7, 11) is 0. The summed E-state index contributed by atoms with van der Waals surface area (Å²) in [4.78, 5) is 37.4. The van der Waals surface area contributed by atoms with Crippen LogP contribution in [0.15, 0.2) is 42.5 Å². The number of carboxylic acids is 1. The highest BCUT2D eigenvalue weighted by atomic mass is 19.2. The van der Waals surface area contributed by atoms with Crippen LogP contribution in [-0.2, 0) is 22.7 Å². The lowest BCUT2D eigenvalue weighted by molar-refractivity contribution is -0.137. The van der Waals surface area contributed by atoms with E-state index in [-0.39, 0.29) is 31.3 Å². The first-order valence-corrected chi connectivity index (χ1v) is 10.6. The van der Waals surface area contributed by atoms with Gasteiger partial charge in [-0.1, -0.05) is 31.0 Å². The molecule has 0 unspecified atom stereocenters. The van der Waals surface area contributed by atoms with Crippen LogP contribution < -0.4 is 5.32 Å². The molecule has 2 aromatic rings. The number of nitrogens with one attached hydrogen (secondary N) is 1. The van der Waals surface area contributed by atoms with Gasteiger partial charge in [-0.3, -0.25) is 14.4 Å². The molecule has 1 aliphatic rings. The van der Waals surface area contributed by atoms with Crippen molar-refractivity contribution < 1.29 is 28.3 Å². The predicted octanol–water partition coefficient (Wildman–Crippen LogP) is 3.89. The minimum atomic E-state index is -1.07. The van der Waals surface area contributed by atoms with E-state index in [2.05, 4.69) is 5.32 Å². The molecule has 8 heteroatoms. The minimum Gasteiger partial charge on any atom is -0.481 e. The second-order valence-corrected chi connectivity index (χ2v) is 8.02. The van der Waals surface area contributed by atoms with Crippen molar-refractivity contribution in [1.82, 2.24) is 10.2 Å². The Morgan fingerprint density at radius 1 is 0.969 bits per heavy atom. The predicted molar refractivity (Wildman–Crippen MR) is 114 cm³/mol. The molecule has 1 saturated carbocycles. The number of carboxylic acid groups (broad SMARTS) is 1. The van der Waals surface area contributed by atoms with Gasteiger partial charge in [0.15, 0.2) is 11.6 Å². The summed E-state index contributed by atoms with van der Waals surface area (Å²) in [5, 5.41) is 11.9. The Labute approximate surface area is 185 Å². The fourth-order valence-corrected chi connectivity index (χ4v) is 3.81. The number of carbonyl (C=O) groups is 3. The van der Waals surface area contributed by atoms with Crippen LogP contribution in [0.3, 0.4) is 0 Å². The zero-order valence-corrected chi connectivity index (χ0v) is 17.7. The second-order valence-electron chi connectivity index (χ2n) is 8.02. The molecular weight excluding hydrogens is 418 g/mol. The van der Waals surface area contributed by atoms with E-state index in [1.807, 2.05) is 0 Å². The van der Waals surface area contributed by atoms with E-state index < -0.39 is 23.5 Å². The third-order valence-electron chi connectivity index (χ3n) is 5.63. The van der Waals surface area contributed by atoms with E-state index in [1.165, 1.54) is 11.0 Å². The first-order valence-electron chi connectivity index (χ1n) is 10.6. The van der Waals surface area contributed by atoms with Gasteiger partial charge in [0.2, 0.25) is 5.91 Å². The van der Waals surface area contributed by atoms with Crippen molar-refractivity contribution >= 4 is 17.8 Å². The summed E-state index contributed by atoms with van der Waals surface area (Å²) >= 11 is 0. The first-order chi connectivity index (χ1) is 15.3. The lowest BCUT2D eigenvalue weighted by atomic mass is 10.1. The maximum Gasteiger partial charge on any atom is 0.305 e. The molecule has 170 valence electrons. The Hall–Kier alpha value is -3.29. The normalized spacial score (nSPS) is 13.7. The van der Waals surface area contributed by atoms with E-state index in [0.717, 1.165) is 43.4 Å². The fourth-order valence-electron chi connectivity index (χ4n) is 3.81. The van der Waals surface area contributed by atoms with Crippen LogP contribution in [0.1, 0.15) is 53.6 Å². The van der Waals surface area contributed by atoms with Crippen LogP contribution in [0.4, 0.5) is 8.78 Å². The van der Waals surface area contributed by atoms with Gasteiger partial charge in [0, 0.05) is 31.1 Å². The molecule has 0 spiro atoms. The monoisotopic (exact) mass is 444 g/mol. The summed E-state index contributed by atoms with van der Waals surface area (Å²) < 4.78 is 26.7. The molecule has 6 nitrogen and oxygen atoms in total. The Kier molecular flexibility index (Phi) is 7.92. The highest BCUT2D eigenvalue weighted by molar-refractivity contribution is 5.94. The highest BCUT2D eigenvalue weighted by Crippen LogP contribution is 2.24. The topological polar surface area (TPSA) is 86.7 Å². The van der Waals surface area contributed by atoms with Crippen LogP contribution in [0, 0.1) is 17.6 Å². The van der Waals surface area contributed by atoms with Gasteiger partial charge in [-0.05, 0) is 48.2 Å². The van der Waals surface area contributed by atoms with Gasteiger partial charge < -0.3 is 15.3 Å². The molecule has 1 fully saturated rings. The molecule has 2 aromatic carbocycles. The van der Waals surface area contributed by atoms with Gasteiger partial charge >= 0.3 is 5.97 Å². The average molecular weight is 444 g/mol. The Bertz CT molecular complexity index is 972. The molecule has 0 saturated heterocycles. The molecule has 2 amide bonds. The molecule has 0 aliphatic heterocycles. The zero-order valence-electron chi connectivity index (χ0n) is 17.7. The van der Waals surface area contributed by atoms with Crippen LogP contribution in [-0.4, -0.2) is 34.3 Å². The van der Waals surface area contributed by atoms with Crippen molar-refractivity contribution in [2.75, 3.05) is 6.54 Å². The number of halogens is 2. The Balaban J connectivity index is 1.65. The Morgan fingerprint density at radius 2 is 1.62 bits per heavy atom. The number of hydrogen-bond acceptors (Lipinski definition) is 3. The van der Waals surface area contributed by atoms with Crippen molar-refractivity contribution in [2.45, 2.75) is 45.2 Å². The van der Waals surface area contributed by atoms with Crippen LogP contribution >= 0.6 is 0 Å². The van der Waals surface area contributed by atoms with Crippen LogP contribution in [0.25, 0.3) is 0 Å². The Morgan fingerprint density at radius 3 is 2.25 bits per heavy atom. The SMILES string of the molecule is O=C(O)CCN(Cc1ccc(F)c(F)c1)C(=O)c1ccc(CNC(=O)C2CCCC2)cc1. The van der Waals surface area contributed by atoms with Crippen LogP contribution in [0.5, 0.6) is 0 Å². The summed E-state index contributed by atoms with van der Waals surface area (Å²) in [5.74, 6) is -3.38. The molecular formula is C24H26F2N2O4. The summed E-state index contributed by atoms with van der Waals surface area (Å²) in [6.45, 7) is 0.232. The number of benzene rings is 2. The largest absolute Gasteiger partial charge is 0.481 e. The molecule has 2 N–H and O–H groups in total. The maximum absolute atomic E-state index is 13.5. The lowest BCUT2D eigenvalue weighted by Gasteiger charge is -2.22. The molecule has 3 rings (SSSR count). The van der Waals surface area contributed by atoms with E-state index in [1.54, 1.807) is 24.3 Å².